The van der Waals surface area contributed by atoms with E-state index in [0.717, 1.165) is 6.29 Å². The molecule has 0 aliphatic rings. The average Bonchev–Trinajstić information content (AvgIpc) is 1.81. The number of rotatable bonds is 3. The van der Waals surface area contributed by atoms with Crippen LogP contribution in [0.3, 0.4) is 0 Å². The SMILES string of the molecule is CC(C=O)OCC(C)(C)C. The Morgan fingerprint density at radius 3 is 2.30 bits per heavy atom. The van der Waals surface area contributed by atoms with Gasteiger partial charge in [0.1, 0.15) is 12.4 Å². The lowest BCUT2D eigenvalue weighted by Crippen LogP contribution is -2.20. The molecule has 0 rings (SSSR count). The summed E-state index contributed by atoms with van der Waals surface area (Å²) in [6.07, 6.45) is 0.547. The first-order valence-electron chi connectivity index (χ1n) is 3.52. The normalized spacial score (nSPS) is 14.8. The largest absolute Gasteiger partial charge is 0.371 e. The highest BCUT2D eigenvalue weighted by atomic mass is 16.5. The van der Waals surface area contributed by atoms with Crippen molar-refractivity contribution < 1.29 is 9.53 Å². The average molecular weight is 144 g/mol. The Kier molecular flexibility index (Phi) is 3.58. The first kappa shape index (κ1) is 9.63. The summed E-state index contributed by atoms with van der Waals surface area (Å²) in [4.78, 5) is 10.1. The standard InChI is InChI=1S/C8H16O2/c1-7(5-9)10-6-8(2,3)4/h5,7H,6H2,1-4H3. The summed E-state index contributed by atoms with van der Waals surface area (Å²) in [5.41, 5.74) is 0.150. The number of hydrogen-bond acceptors (Lipinski definition) is 2. The second-order valence-electron chi connectivity index (χ2n) is 3.71. The Morgan fingerprint density at radius 2 is 2.00 bits per heavy atom. The maximum atomic E-state index is 10.1. The molecule has 0 saturated heterocycles. The van der Waals surface area contributed by atoms with Crippen LogP contribution in [0.15, 0.2) is 0 Å². The van der Waals surface area contributed by atoms with Crippen LogP contribution in [0.25, 0.3) is 0 Å². The molecule has 0 amide bonds. The van der Waals surface area contributed by atoms with E-state index >= 15 is 0 Å². The molecule has 1 unspecified atom stereocenters. The Morgan fingerprint density at radius 1 is 1.50 bits per heavy atom. The van der Waals surface area contributed by atoms with E-state index in [0.29, 0.717) is 6.61 Å². The Balaban J connectivity index is 3.45. The molecule has 0 aromatic heterocycles. The van der Waals surface area contributed by atoms with E-state index in [2.05, 4.69) is 20.8 Å². The first-order chi connectivity index (χ1) is 4.45. The lowest BCUT2D eigenvalue weighted by Gasteiger charge is -2.19. The van der Waals surface area contributed by atoms with Crippen molar-refractivity contribution in [2.45, 2.75) is 33.8 Å². The van der Waals surface area contributed by atoms with Gasteiger partial charge in [-0.15, -0.1) is 0 Å². The number of ether oxygens (including phenoxy) is 1. The number of carbonyl (C=O) groups is 1. The highest BCUT2D eigenvalue weighted by Crippen LogP contribution is 2.13. The zero-order chi connectivity index (χ0) is 8.20. The molecule has 0 saturated carbocycles. The summed E-state index contributed by atoms with van der Waals surface area (Å²) in [5.74, 6) is 0. The molecule has 0 bridgehead atoms. The molecule has 0 aliphatic heterocycles. The third-order valence-corrected chi connectivity index (χ3v) is 0.971. The summed E-state index contributed by atoms with van der Waals surface area (Å²) in [6, 6.07) is 0. The van der Waals surface area contributed by atoms with Crippen LogP contribution >= 0.6 is 0 Å². The minimum atomic E-state index is -0.265. The van der Waals surface area contributed by atoms with Crippen molar-refractivity contribution in [2.75, 3.05) is 6.61 Å². The molecule has 2 nitrogen and oxygen atoms in total. The maximum absolute atomic E-state index is 10.1. The second kappa shape index (κ2) is 3.71. The van der Waals surface area contributed by atoms with Crippen molar-refractivity contribution in [1.82, 2.24) is 0 Å². The van der Waals surface area contributed by atoms with E-state index < -0.39 is 0 Å². The molecule has 0 aromatic rings. The molecular weight excluding hydrogens is 128 g/mol. The predicted molar refractivity (Wildman–Crippen MR) is 40.9 cm³/mol. The van der Waals surface area contributed by atoms with Gasteiger partial charge in [0, 0.05) is 0 Å². The van der Waals surface area contributed by atoms with E-state index in [-0.39, 0.29) is 11.5 Å². The van der Waals surface area contributed by atoms with Crippen molar-refractivity contribution >= 4 is 6.29 Å². The predicted octanol–water partition coefficient (Wildman–Crippen LogP) is 1.64. The second-order valence-corrected chi connectivity index (χ2v) is 3.71. The fraction of sp³-hybridized carbons (Fsp3) is 0.875. The third-order valence-electron chi connectivity index (χ3n) is 0.971. The maximum Gasteiger partial charge on any atom is 0.148 e. The van der Waals surface area contributed by atoms with Gasteiger partial charge in [-0.25, -0.2) is 0 Å². The number of aldehydes is 1. The molecule has 1 atom stereocenters. The quantitative estimate of drug-likeness (QED) is 0.563. The van der Waals surface area contributed by atoms with Crippen LogP contribution < -0.4 is 0 Å². The van der Waals surface area contributed by atoms with Crippen molar-refractivity contribution in [3.8, 4) is 0 Å². The van der Waals surface area contributed by atoms with E-state index in [9.17, 15) is 4.79 Å². The number of hydrogen-bond donors (Lipinski definition) is 0. The molecule has 0 N–H and O–H groups in total. The fourth-order valence-electron chi connectivity index (χ4n) is 0.421. The smallest absolute Gasteiger partial charge is 0.148 e. The van der Waals surface area contributed by atoms with Gasteiger partial charge < -0.3 is 9.53 Å². The van der Waals surface area contributed by atoms with Crippen LogP contribution in [0.4, 0.5) is 0 Å². The van der Waals surface area contributed by atoms with Gasteiger partial charge in [-0.05, 0) is 12.3 Å². The molecule has 0 aliphatic carbocycles. The van der Waals surface area contributed by atoms with Gasteiger partial charge in [0.2, 0.25) is 0 Å². The Bertz CT molecular complexity index is 102. The monoisotopic (exact) mass is 144 g/mol. The minimum Gasteiger partial charge on any atom is -0.371 e. The number of carbonyl (C=O) groups excluding carboxylic acids is 1. The van der Waals surface area contributed by atoms with Crippen molar-refractivity contribution in [3.05, 3.63) is 0 Å². The van der Waals surface area contributed by atoms with Crippen LogP contribution in [-0.4, -0.2) is 19.0 Å². The fourth-order valence-corrected chi connectivity index (χ4v) is 0.421. The van der Waals surface area contributed by atoms with Gasteiger partial charge in [-0.3, -0.25) is 0 Å². The van der Waals surface area contributed by atoms with E-state index in [1.807, 2.05) is 0 Å². The van der Waals surface area contributed by atoms with Crippen LogP contribution in [0, 0.1) is 5.41 Å². The molecular formula is C8H16O2. The Labute approximate surface area is 62.6 Å². The zero-order valence-electron chi connectivity index (χ0n) is 7.18. The lowest BCUT2D eigenvalue weighted by atomic mass is 9.99. The molecule has 0 radical (unpaired) electrons. The van der Waals surface area contributed by atoms with E-state index in [1.165, 1.54) is 0 Å². The first-order valence-corrected chi connectivity index (χ1v) is 3.52. The summed E-state index contributed by atoms with van der Waals surface area (Å²) >= 11 is 0. The Hall–Kier alpha value is -0.370. The van der Waals surface area contributed by atoms with Crippen LogP contribution in [-0.2, 0) is 9.53 Å². The van der Waals surface area contributed by atoms with E-state index in [1.54, 1.807) is 6.92 Å². The molecule has 10 heavy (non-hydrogen) atoms. The van der Waals surface area contributed by atoms with Crippen molar-refractivity contribution in [1.29, 1.82) is 0 Å². The summed E-state index contributed by atoms with van der Waals surface area (Å²) in [6.45, 7) is 8.60. The minimum absolute atomic E-state index is 0.150. The zero-order valence-corrected chi connectivity index (χ0v) is 7.18. The molecule has 0 heterocycles. The molecule has 0 aromatic carbocycles. The third kappa shape index (κ3) is 5.76. The van der Waals surface area contributed by atoms with Gasteiger partial charge in [0.05, 0.1) is 6.61 Å². The summed E-state index contributed by atoms with van der Waals surface area (Å²) in [7, 11) is 0. The molecule has 0 fully saturated rings. The van der Waals surface area contributed by atoms with Gasteiger partial charge in [0.25, 0.3) is 0 Å². The summed E-state index contributed by atoms with van der Waals surface area (Å²) < 4.78 is 5.19. The van der Waals surface area contributed by atoms with E-state index in [4.69, 9.17) is 4.74 Å². The van der Waals surface area contributed by atoms with Crippen LogP contribution in [0.5, 0.6) is 0 Å². The van der Waals surface area contributed by atoms with Gasteiger partial charge in [-0.2, -0.15) is 0 Å². The summed E-state index contributed by atoms with van der Waals surface area (Å²) in [5, 5.41) is 0. The molecule has 60 valence electrons. The highest BCUT2D eigenvalue weighted by Gasteiger charge is 2.11. The molecule has 0 spiro atoms. The van der Waals surface area contributed by atoms with Crippen LogP contribution in [0.2, 0.25) is 0 Å². The molecule has 2 heteroatoms. The van der Waals surface area contributed by atoms with Gasteiger partial charge in [-0.1, -0.05) is 20.8 Å². The van der Waals surface area contributed by atoms with Crippen LogP contribution in [0.1, 0.15) is 27.7 Å². The lowest BCUT2D eigenvalue weighted by molar-refractivity contribution is -0.118. The van der Waals surface area contributed by atoms with Gasteiger partial charge >= 0.3 is 0 Å². The van der Waals surface area contributed by atoms with Gasteiger partial charge in [0.15, 0.2) is 0 Å². The van der Waals surface area contributed by atoms with Crippen molar-refractivity contribution in [3.63, 3.8) is 0 Å². The van der Waals surface area contributed by atoms with Crippen molar-refractivity contribution in [2.24, 2.45) is 5.41 Å². The topological polar surface area (TPSA) is 26.3 Å². The highest BCUT2D eigenvalue weighted by molar-refractivity contribution is 5.55.